The van der Waals surface area contributed by atoms with Crippen molar-refractivity contribution in [3.63, 3.8) is 0 Å². The number of carboxylic acids is 1. The van der Waals surface area contributed by atoms with Crippen molar-refractivity contribution in [2.75, 3.05) is 0 Å². The second-order valence-electron chi connectivity index (χ2n) is 4.15. The minimum atomic E-state index is -1.22. The molecule has 0 radical (unpaired) electrons. The van der Waals surface area contributed by atoms with Gasteiger partial charge in [-0.05, 0) is 37.1 Å². The summed E-state index contributed by atoms with van der Waals surface area (Å²) in [4.78, 5) is 11.2. The molecule has 100 valence electrons. The Bertz CT molecular complexity index is 603. The van der Waals surface area contributed by atoms with Crippen molar-refractivity contribution in [1.29, 1.82) is 0 Å². The van der Waals surface area contributed by atoms with Gasteiger partial charge in [-0.1, -0.05) is 13.8 Å². The van der Waals surface area contributed by atoms with Gasteiger partial charge >= 0.3 is 0 Å². The molecule has 2 aromatic rings. The summed E-state index contributed by atoms with van der Waals surface area (Å²) in [5, 5.41) is 15.5. The van der Waals surface area contributed by atoms with Gasteiger partial charge in [0.2, 0.25) is 0 Å². The molecule has 0 N–H and O–H groups in total. The molecule has 0 spiro atoms. The van der Waals surface area contributed by atoms with E-state index in [1.165, 1.54) is 12.1 Å². The maximum Gasteiger partial charge on any atom is 0.123 e. The van der Waals surface area contributed by atoms with Gasteiger partial charge in [0.25, 0.3) is 0 Å². The number of carbonyl (C=O) groups excluding carboxylic acids is 1. The van der Waals surface area contributed by atoms with Gasteiger partial charge in [0.15, 0.2) is 0 Å². The van der Waals surface area contributed by atoms with Crippen molar-refractivity contribution in [3.05, 3.63) is 47.0 Å². The summed E-state index contributed by atoms with van der Waals surface area (Å²) in [6.45, 7) is 3.69. The van der Waals surface area contributed by atoms with Gasteiger partial charge in [0.05, 0.1) is 23.0 Å². The van der Waals surface area contributed by atoms with Crippen LogP contribution < -0.4 is 5.11 Å². The molecule has 0 fully saturated rings. The number of carbonyl (C=O) groups is 1. The van der Waals surface area contributed by atoms with E-state index in [0.717, 1.165) is 0 Å². The lowest BCUT2D eigenvalue weighted by molar-refractivity contribution is -0.255. The largest absolute Gasteiger partial charge is 0.545 e. The SMILES string of the molecule is CCc1nn(-c2ccc(F)cc2)c(CC)c1C(=O)[O-]. The second-order valence-corrected chi connectivity index (χ2v) is 4.15. The molecule has 0 atom stereocenters. The smallest absolute Gasteiger partial charge is 0.123 e. The Balaban J connectivity index is 2.63. The molecule has 0 aliphatic rings. The summed E-state index contributed by atoms with van der Waals surface area (Å²) in [5.41, 5.74) is 1.85. The summed E-state index contributed by atoms with van der Waals surface area (Å²) in [5.74, 6) is -1.56. The van der Waals surface area contributed by atoms with Crippen LogP contribution in [0.15, 0.2) is 24.3 Å². The average molecular weight is 261 g/mol. The molecule has 0 bridgehead atoms. The Hall–Kier alpha value is -2.17. The number of aromatic carboxylic acids is 1. The van der Waals surface area contributed by atoms with Gasteiger partial charge in [-0.2, -0.15) is 5.10 Å². The van der Waals surface area contributed by atoms with Crippen LogP contribution in [-0.2, 0) is 12.8 Å². The molecule has 19 heavy (non-hydrogen) atoms. The normalized spacial score (nSPS) is 10.7. The van der Waals surface area contributed by atoms with Crippen LogP contribution in [0.2, 0.25) is 0 Å². The number of benzene rings is 1. The van der Waals surface area contributed by atoms with Gasteiger partial charge in [0, 0.05) is 5.56 Å². The van der Waals surface area contributed by atoms with Crippen LogP contribution in [0.25, 0.3) is 5.69 Å². The first kappa shape index (κ1) is 13.3. The molecular formula is C14H14FN2O2-. The molecular weight excluding hydrogens is 247 g/mol. The van der Waals surface area contributed by atoms with Crippen LogP contribution in [0.4, 0.5) is 4.39 Å². The van der Waals surface area contributed by atoms with E-state index in [2.05, 4.69) is 5.10 Å². The molecule has 1 heterocycles. The summed E-state index contributed by atoms with van der Waals surface area (Å²) < 4.78 is 14.5. The van der Waals surface area contributed by atoms with Crippen molar-refractivity contribution in [1.82, 2.24) is 9.78 Å². The number of hydrogen-bond acceptors (Lipinski definition) is 3. The summed E-state index contributed by atoms with van der Waals surface area (Å²) >= 11 is 0. The van der Waals surface area contributed by atoms with Gasteiger partial charge in [-0.3, -0.25) is 0 Å². The number of aromatic nitrogens is 2. The zero-order valence-electron chi connectivity index (χ0n) is 10.8. The first-order chi connectivity index (χ1) is 9.08. The number of halogens is 1. The summed E-state index contributed by atoms with van der Waals surface area (Å²) in [6.07, 6.45) is 1.01. The number of rotatable bonds is 4. The molecule has 0 saturated carbocycles. The molecule has 2 rings (SSSR count). The fraction of sp³-hybridized carbons (Fsp3) is 0.286. The van der Waals surface area contributed by atoms with Gasteiger partial charge in [-0.15, -0.1) is 0 Å². The van der Waals surface area contributed by atoms with Crippen LogP contribution in [0.5, 0.6) is 0 Å². The van der Waals surface area contributed by atoms with Crippen LogP contribution >= 0.6 is 0 Å². The molecule has 0 unspecified atom stereocenters. The van der Waals surface area contributed by atoms with Crippen LogP contribution in [0.1, 0.15) is 35.6 Å². The van der Waals surface area contributed by atoms with Crippen molar-refractivity contribution in [2.45, 2.75) is 26.7 Å². The number of nitrogens with zero attached hydrogens (tertiary/aromatic N) is 2. The van der Waals surface area contributed by atoms with E-state index < -0.39 is 5.97 Å². The zero-order chi connectivity index (χ0) is 14.0. The Morgan fingerprint density at radius 2 is 1.89 bits per heavy atom. The lowest BCUT2D eigenvalue weighted by atomic mass is 10.1. The molecule has 1 aromatic heterocycles. The highest BCUT2D eigenvalue weighted by atomic mass is 19.1. The third-order valence-electron chi connectivity index (χ3n) is 3.00. The maximum atomic E-state index is 12.9. The highest BCUT2D eigenvalue weighted by Gasteiger charge is 2.17. The number of carboxylic acid groups (broad SMARTS) is 1. The van der Waals surface area contributed by atoms with Gasteiger partial charge in [0.1, 0.15) is 5.82 Å². The Labute approximate surface area is 110 Å². The predicted molar refractivity (Wildman–Crippen MR) is 66.6 cm³/mol. The van der Waals surface area contributed by atoms with Crippen LogP contribution in [0, 0.1) is 5.82 Å². The summed E-state index contributed by atoms with van der Waals surface area (Å²) in [6, 6.07) is 5.78. The molecule has 0 saturated heterocycles. The lowest BCUT2D eigenvalue weighted by Gasteiger charge is -2.08. The fourth-order valence-corrected chi connectivity index (χ4v) is 2.11. The first-order valence-electron chi connectivity index (χ1n) is 6.16. The van der Waals surface area contributed by atoms with E-state index in [4.69, 9.17) is 0 Å². The molecule has 4 nitrogen and oxygen atoms in total. The van der Waals surface area contributed by atoms with E-state index in [1.807, 2.05) is 13.8 Å². The maximum absolute atomic E-state index is 12.9. The molecule has 1 aromatic carbocycles. The quantitative estimate of drug-likeness (QED) is 0.838. The minimum Gasteiger partial charge on any atom is -0.545 e. The van der Waals surface area contributed by atoms with E-state index in [9.17, 15) is 14.3 Å². The first-order valence-corrected chi connectivity index (χ1v) is 6.16. The van der Waals surface area contributed by atoms with Crippen molar-refractivity contribution >= 4 is 5.97 Å². The Morgan fingerprint density at radius 3 is 2.37 bits per heavy atom. The monoisotopic (exact) mass is 261 g/mol. The van der Waals surface area contributed by atoms with Gasteiger partial charge in [-0.25, -0.2) is 9.07 Å². The van der Waals surface area contributed by atoms with Gasteiger partial charge < -0.3 is 9.90 Å². The molecule has 0 aliphatic carbocycles. The van der Waals surface area contributed by atoms with Crippen molar-refractivity contribution in [2.24, 2.45) is 0 Å². The van der Waals surface area contributed by atoms with E-state index in [-0.39, 0.29) is 11.4 Å². The third kappa shape index (κ3) is 2.36. The van der Waals surface area contributed by atoms with Crippen LogP contribution in [0.3, 0.4) is 0 Å². The van der Waals surface area contributed by atoms with E-state index in [0.29, 0.717) is 29.9 Å². The highest BCUT2D eigenvalue weighted by Crippen LogP contribution is 2.20. The molecule has 5 heteroatoms. The highest BCUT2D eigenvalue weighted by molar-refractivity contribution is 5.88. The number of hydrogen-bond donors (Lipinski definition) is 0. The predicted octanol–water partition coefficient (Wildman–Crippen LogP) is 1.50. The molecule has 0 aliphatic heterocycles. The zero-order valence-corrected chi connectivity index (χ0v) is 10.8. The third-order valence-corrected chi connectivity index (χ3v) is 3.00. The Morgan fingerprint density at radius 1 is 1.26 bits per heavy atom. The minimum absolute atomic E-state index is 0.148. The van der Waals surface area contributed by atoms with Crippen molar-refractivity contribution < 1.29 is 14.3 Å². The number of aryl methyl sites for hydroxylation is 1. The lowest BCUT2D eigenvalue weighted by Crippen LogP contribution is -2.24. The van der Waals surface area contributed by atoms with Crippen molar-refractivity contribution in [3.8, 4) is 5.69 Å². The Kier molecular flexibility index (Phi) is 3.64. The molecule has 0 amide bonds. The fourth-order valence-electron chi connectivity index (χ4n) is 2.11. The van der Waals surface area contributed by atoms with E-state index >= 15 is 0 Å². The van der Waals surface area contributed by atoms with E-state index in [1.54, 1.807) is 16.8 Å². The second kappa shape index (κ2) is 5.22. The average Bonchev–Trinajstić information content (AvgIpc) is 2.78. The topological polar surface area (TPSA) is 58.0 Å². The summed E-state index contributed by atoms with van der Waals surface area (Å²) in [7, 11) is 0. The van der Waals surface area contributed by atoms with Crippen LogP contribution in [-0.4, -0.2) is 15.7 Å². The standard InChI is InChI=1S/C14H15FN2O2/c1-3-11-13(14(18)19)12(4-2)17(16-11)10-7-5-9(15)6-8-10/h5-8H,3-4H2,1-2H3,(H,18,19)/p-1.